The maximum absolute atomic E-state index is 10.6. The van der Waals surface area contributed by atoms with E-state index in [0.29, 0.717) is 0 Å². The number of primary amides is 1. The Bertz CT molecular complexity index is 426. The number of benzene rings is 1. The zero-order chi connectivity index (χ0) is 15.3. The molecule has 0 atom stereocenters. The summed E-state index contributed by atoms with van der Waals surface area (Å²) < 4.78 is 10.7. The van der Waals surface area contributed by atoms with Crippen LogP contribution in [0, 0.1) is 0 Å². The highest BCUT2D eigenvalue weighted by Crippen LogP contribution is 2.14. The molecule has 1 rings (SSSR count). The molecule has 0 unspecified atom stereocenters. The Balaban J connectivity index is 2.14. The van der Waals surface area contributed by atoms with E-state index in [1.165, 1.54) is 25.3 Å². The summed E-state index contributed by atoms with van der Waals surface area (Å²) in [5, 5.41) is 0. The maximum atomic E-state index is 10.6. The van der Waals surface area contributed by atoms with Crippen molar-refractivity contribution in [2.75, 3.05) is 20.3 Å². The second-order valence-corrected chi connectivity index (χ2v) is 4.91. The third-order valence-electron chi connectivity index (χ3n) is 3.08. The summed E-state index contributed by atoms with van der Waals surface area (Å²) in [5.74, 6) is 0.409. The summed E-state index contributed by atoms with van der Waals surface area (Å²) in [6.07, 6.45) is 8.86. The number of hydrogen-bond donors (Lipinski definition) is 1. The molecule has 2 N–H and O–H groups in total. The number of unbranched alkanes of at least 4 members (excludes halogenated alkanes) is 4. The molecule has 0 saturated carbocycles. The minimum absolute atomic E-state index is 0.444. The Hall–Kier alpha value is -1.81. The van der Waals surface area contributed by atoms with E-state index in [-0.39, 0.29) is 0 Å². The average Bonchev–Trinajstić information content (AvgIpc) is 2.49. The minimum atomic E-state index is -0.444. The smallest absolute Gasteiger partial charge is 0.241 e. The minimum Gasteiger partial charge on any atom is -0.494 e. The molecule has 0 aliphatic rings. The fourth-order valence-electron chi connectivity index (χ4n) is 1.92. The van der Waals surface area contributed by atoms with Gasteiger partial charge in [0.1, 0.15) is 5.75 Å². The summed E-state index contributed by atoms with van der Waals surface area (Å²) >= 11 is 0. The molecule has 0 bridgehead atoms. The number of ether oxygens (including phenoxy) is 2. The van der Waals surface area contributed by atoms with Crippen LogP contribution in [-0.4, -0.2) is 26.2 Å². The van der Waals surface area contributed by atoms with Gasteiger partial charge in [-0.2, -0.15) is 0 Å². The quantitative estimate of drug-likeness (QED) is 0.503. The molecule has 0 radical (unpaired) electrons. The molecule has 0 aliphatic carbocycles. The second-order valence-electron chi connectivity index (χ2n) is 4.91. The fraction of sp³-hybridized carbons (Fsp3) is 0.471. The fourth-order valence-corrected chi connectivity index (χ4v) is 1.92. The lowest BCUT2D eigenvalue weighted by Gasteiger charge is -2.06. The predicted molar refractivity (Wildman–Crippen MR) is 85.1 cm³/mol. The number of nitrogens with two attached hydrogens (primary N) is 1. The summed E-state index contributed by atoms with van der Waals surface area (Å²) in [6.45, 7) is 1.59. The Kier molecular flexibility index (Phi) is 8.96. The van der Waals surface area contributed by atoms with Crippen LogP contribution in [0.1, 0.15) is 37.7 Å². The average molecular weight is 291 g/mol. The first kappa shape index (κ1) is 17.2. The lowest BCUT2D eigenvalue weighted by Crippen LogP contribution is -2.05. The first-order valence-corrected chi connectivity index (χ1v) is 7.41. The van der Waals surface area contributed by atoms with Gasteiger partial charge in [-0.25, -0.2) is 0 Å². The molecule has 116 valence electrons. The normalized spacial score (nSPS) is 10.9. The van der Waals surface area contributed by atoms with Crippen molar-refractivity contribution in [3.8, 4) is 5.75 Å². The van der Waals surface area contributed by atoms with E-state index in [4.69, 9.17) is 15.2 Å². The molecule has 1 amide bonds. The van der Waals surface area contributed by atoms with Gasteiger partial charge in [-0.15, -0.1) is 0 Å². The molecule has 4 heteroatoms. The molecule has 0 saturated heterocycles. The number of rotatable bonds is 11. The van der Waals surface area contributed by atoms with Crippen LogP contribution in [0.5, 0.6) is 5.75 Å². The van der Waals surface area contributed by atoms with Gasteiger partial charge in [0.2, 0.25) is 5.91 Å². The molecular weight excluding hydrogens is 266 g/mol. The maximum Gasteiger partial charge on any atom is 0.241 e. The van der Waals surface area contributed by atoms with Gasteiger partial charge in [-0.05, 0) is 36.6 Å². The largest absolute Gasteiger partial charge is 0.494 e. The first-order chi connectivity index (χ1) is 10.2. The first-order valence-electron chi connectivity index (χ1n) is 7.41. The number of amides is 1. The molecule has 0 fully saturated rings. The van der Waals surface area contributed by atoms with E-state index >= 15 is 0 Å². The van der Waals surface area contributed by atoms with E-state index in [1.54, 1.807) is 13.2 Å². The van der Waals surface area contributed by atoms with Crippen LogP contribution in [0.25, 0.3) is 6.08 Å². The van der Waals surface area contributed by atoms with Crippen LogP contribution >= 0.6 is 0 Å². The number of carbonyl (C=O) groups is 1. The van der Waals surface area contributed by atoms with E-state index < -0.39 is 5.91 Å². The highest BCUT2D eigenvalue weighted by atomic mass is 16.5. The molecular formula is C17H25NO3. The van der Waals surface area contributed by atoms with Crippen molar-refractivity contribution in [2.24, 2.45) is 5.73 Å². The van der Waals surface area contributed by atoms with Crippen molar-refractivity contribution in [1.82, 2.24) is 0 Å². The molecule has 4 nitrogen and oxygen atoms in total. The number of carbonyl (C=O) groups excluding carboxylic acids is 1. The van der Waals surface area contributed by atoms with Crippen molar-refractivity contribution >= 4 is 12.0 Å². The highest BCUT2D eigenvalue weighted by Gasteiger charge is 1.95. The Morgan fingerprint density at radius 1 is 1.05 bits per heavy atom. The molecule has 0 aliphatic heterocycles. The zero-order valence-corrected chi connectivity index (χ0v) is 12.7. The van der Waals surface area contributed by atoms with Gasteiger partial charge in [0, 0.05) is 19.8 Å². The molecule has 21 heavy (non-hydrogen) atoms. The lowest BCUT2D eigenvalue weighted by molar-refractivity contribution is -0.113. The number of hydrogen-bond acceptors (Lipinski definition) is 3. The standard InChI is InChI=1S/C17H25NO3/c1-20-13-5-3-2-4-6-14-21-16-10-7-15(8-11-16)9-12-17(18)19/h7-12H,2-6,13-14H2,1H3,(H2,18,19)/b12-9+. The monoisotopic (exact) mass is 291 g/mol. The van der Waals surface area contributed by atoms with Crippen LogP contribution < -0.4 is 10.5 Å². The summed E-state index contributed by atoms with van der Waals surface area (Å²) in [7, 11) is 1.74. The van der Waals surface area contributed by atoms with Crippen LogP contribution in [0.3, 0.4) is 0 Å². The molecule has 0 aromatic heterocycles. The summed E-state index contributed by atoms with van der Waals surface area (Å²) in [5.41, 5.74) is 5.98. The van der Waals surface area contributed by atoms with Gasteiger partial charge in [0.05, 0.1) is 6.61 Å². The van der Waals surface area contributed by atoms with Gasteiger partial charge in [-0.3, -0.25) is 4.79 Å². The lowest BCUT2D eigenvalue weighted by atomic mass is 10.1. The van der Waals surface area contributed by atoms with Crippen molar-refractivity contribution in [3.05, 3.63) is 35.9 Å². The van der Waals surface area contributed by atoms with E-state index in [2.05, 4.69) is 0 Å². The molecule has 0 spiro atoms. The third-order valence-corrected chi connectivity index (χ3v) is 3.08. The van der Waals surface area contributed by atoms with Gasteiger partial charge in [0.15, 0.2) is 0 Å². The molecule has 1 aromatic carbocycles. The second kappa shape index (κ2) is 10.9. The van der Waals surface area contributed by atoms with E-state index in [9.17, 15) is 4.79 Å². The van der Waals surface area contributed by atoms with Crippen LogP contribution in [0.2, 0.25) is 0 Å². The Morgan fingerprint density at radius 3 is 2.29 bits per heavy atom. The van der Waals surface area contributed by atoms with Gasteiger partial charge < -0.3 is 15.2 Å². The van der Waals surface area contributed by atoms with E-state index in [0.717, 1.165) is 37.4 Å². The third kappa shape index (κ3) is 8.87. The highest BCUT2D eigenvalue weighted by molar-refractivity contribution is 5.90. The van der Waals surface area contributed by atoms with Crippen molar-refractivity contribution < 1.29 is 14.3 Å². The van der Waals surface area contributed by atoms with Gasteiger partial charge >= 0.3 is 0 Å². The molecule has 1 aromatic rings. The van der Waals surface area contributed by atoms with Gasteiger partial charge in [-0.1, -0.05) is 31.4 Å². The van der Waals surface area contributed by atoms with Gasteiger partial charge in [0.25, 0.3) is 0 Å². The van der Waals surface area contributed by atoms with Crippen molar-refractivity contribution in [3.63, 3.8) is 0 Å². The predicted octanol–water partition coefficient (Wildman–Crippen LogP) is 3.16. The van der Waals surface area contributed by atoms with E-state index in [1.807, 2.05) is 24.3 Å². The topological polar surface area (TPSA) is 61.6 Å². The summed E-state index contributed by atoms with van der Waals surface area (Å²) in [4.78, 5) is 10.6. The van der Waals surface area contributed by atoms with Crippen molar-refractivity contribution in [2.45, 2.75) is 32.1 Å². The molecule has 0 heterocycles. The zero-order valence-electron chi connectivity index (χ0n) is 12.7. The van der Waals surface area contributed by atoms with Crippen LogP contribution in [0.4, 0.5) is 0 Å². The van der Waals surface area contributed by atoms with Crippen molar-refractivity contribution in [1.29, 1.82) is 0 Å². The SMILES string of the molecule is COCCCCCCCOc1ccc(/C=C/C(N)=O)cc1. The Morgan fingerprint density at radius 2 is 1.67 bits per heavy atom. The van der Waals surface area contributed by atoms with Crippen LogP contribution in [0.15, 0.2) is 30.3 Å². The summed E-state index contributed by atoms with van der Waals surface area (Å²) in [6, 6.07) is 7.61. The number of methoxy groups -OCH3 is 1. The Labute approximate surface area is 126 Å². The van der Waals surface area contributed by atoms with Crippen LogP contribution in [-0.2, 0) is 9.53 Å².